The molecule has 4 heteroatoms. The molecule has 1 aromatic carbocycles. The van der Waals surface area contributed by atoms with E-state index in [1.807, 2.05) is 23.1 Å². The van der Waals surface area contributed by atoms with Gasteiger partial charge in [-0.1, -0.05) is 30.3 Å². The van der Waals surface area contributed by atoms with Crippen molar-refractivity contribution in [1.82, 2.24) is 4.90 Å². The fourth-order valence-corrected chi connectivity index (χ4v) is 3.90. The molecule has 3 rings (SSSR count). The zero-order chi connectivity index (χ0) is 15.7. The first-order valence-electron chi connectivity index (χ1n) is 8.32. The normalized spacial score (nSPS) is 35.6. The van der Waals surface area contributed by atoms with Gasteiger partial charge in [-0.05, 0) is 38.7 Å². The van der Waals surface area contributed by atoms with Crippen LogP contribution < -0.4 is 5.73 Å². The number of amides is 1. The Morgan fingerprint density at radius 1 is 1.23 bits per heavy atom. The highest BCUT2D eigenvalue weighted by Crippen LogP contribution is 2.34. The highest BCUT2D eigenvalue weighted by atomic mass is 16.5. The van der Waals surface area contributed by atoms with Crippen LogP contribution in [0.2, 0.25) is 0 Å². The van der Waals surface area contributed by atoms with E-state index >= 15 is 0 Å². The Morgan fingerprint density at radius 2 is 1.95 bits per heavy atom. The summed E-state index contributed by atoms with van der Waals surface area (Å²) in [5, 5.41) is 0. The second-order valence-electron chi connectivity index (χ2n) is 6.77. The van der Waals surface area contributed by atoms with Gasteiger partial charge in [-0.3, -0.25) is 4.79 Å². The van der Waals surface area contributed by atoms with Gasteiger partial charge in [-0.15, -0.1) is 0 Å². The minimum atomic E-state index is -0.0450. The van der Waals surface area contributed by atoms with Crippen molar-refractivity contribution in [1.29, 1.82) is 0 Å². The first-order valence-corrected chi connectivity index (χ1v) is 8.32. The van der Waals surface area contributed by atoms with Gasteiger partial charge in [-0.2, -0.15) is 0 Å². The molecule has 22 heavy (non-hydrogen) atoms. The maximum atomic E-state index is 13.0. The second-order valence-corrected chi connectivity index (χ2v) is 6.77. The lowest BCUT2D eigenvalue weighted by molar-refractivity contribution is -0.157. The van der Waals surface area contributed by atoms with Crippen LogP contribution in [0.15, 0.2) is 30.3 Å². The van der Waals surface area contributed by atoms with Crippen LogP contribution in [-0.2, 0) is 9.53 Å². The molecule has 0 unspecified atom stereocenters. The van der Waals surface area contributed by atoms with E-state index in [2.05, 4.69) is 26.0 Å². The van der Waals surface area contributed by atoms with E-state index in [4.69, 9.17) is 10.5 Å². The Bertz CT molecular complexity index is 519. The number of carbonyl (C=O) groups is 1. The summed E-state index contributed by atoms with van der Waals surface area (Å²) in [7, 11) is 0. The largest absolute Gasteiger partial charge is 0.369 e. The van der Waals surface area contributed by atoms with Gasteiger partial charge >= 0.3 is 0 Å². The maximum Gasteiger partial charge on any atom is 0.226 e. The summed E-state index contributed by atoms with van der Waals surface area (Å²) >= 11 is 0. The minimum Gasteiger partial charge on any atom is -0.369 e. The van der Waals surface area contributed by atoms with E-state index in [1.54, 1.807) is 0 Å². The van der Waals surface area contributed by atoms with Crippen molar-refractivity contribution in [3.8, 4) is 0 Å². The van der Waals surface area contributed by atoms with Crippen LogP contribution in [0.4, 0.5) is 0 Å². The maximum absolute atomic E-state index is 13.0. The van der Waals surface area contributed by atoms with Crippen molar-refractivity contribution in [2.45, 2.75) is 57.3 Å². The number of rotatable bonds is 2. The lowest BCUT2D eigenvalue weighted by Crippen LogP contribution is -2.55. The Labute approximate surface area is 132 Å². The summed E-state index contributed by atoms with van der Waals surface area (Å²) in [6.45, 7) is 4.76. The molecule has 5 atom stereocenters. The molecule has 2 N–H and O–H groups in total. The first-order chi connectivity index (χ1) is 10.6. The number of carbonyl (C=O) groups excluding carboxylic acids is 1. The Morgan fingerprint density at radius 3 is 2.59 bits per heavy atom. The Hall–Kier alpha value is -1.39. The topological polar surface area (TPSA) is 55.6 Å². The van der Waals surface area contributed by atoms with Crippen molar-refractivity contribution in [3.05, 3.63) is 35.9 Å². The molecule has 0 bridgehead atoms. The summed E-state index contributed by atoms with van der Waals surface area (Å²) in [5.41, 5.74) is 7.13. The summed E-state index contributed by atoms with van der Waals surface area (Å²) in [4.78, 5) is 15.0. The molecule has 0 spiro atoms. The smallest absolute Gasteiger partial charge is 0.226 e. The highest BCUT2D eigenvalue weighted by Gasteiger charge is 2.40. The van der Waals surface area contributed by atoms with Crippen LogP contribution in [0.1, 0.15) is 44.8 Å². The third kappa shape index (κ3) is 2.90. The third-order valence-corrected chi connectivity index (χ3v) is 5.07. The Kier molecular flexibility index (Phi) is 4.50. The van der Waals surface area contributed by atoms with E-state index in [9.17, 15) is 4.79 Å². The minimum absolute atomic E-state index is 0.0450. The number of nitrogens with zero attached hydrogens (tertiary/aromatic N) is 1. The predicted molar refractivity (Wildman–Crippen MR) is 86.2 cm³/mol. The molecule has 1 amide bonds. The zero-order valence-electron chi connectivity index (χ0n) is 13.4. The van der Waals surface area contributed by atoms with Gasteiger partial charge in [0.15, 0.2) is 0 Å². The number of benzene rings is 1. The van der Waals surface area contributed by atoms with Crippen molar-refractivity contribution >= 4 is 5.91 Å². The number of morpholine rings is 1. The summed E-state index contributed by atoms with van der Waals surface area (Å²) in [6, 6.07) is 10.6. The predicted octanol–water partition coefficient (Wildman–Crippen LogP) is 2.49. The number of hydrogen-bond donors (Lipinski definition) is 1. The van der Waals surface area contributed by atoms with Crippen LogP contribution in [-0.4, -0.2) is 35.5 Å². The molecule has 1 aliphatic carbocycles. The lowest BCUT2D eigenvalue weighted by Gasteiger charge is -2.45. The molecule has 1 heterocycles. The van der Waals surface area contributed by atoms with Crippen molar-refractivity contribution < 1.29 is 9.53 Å². The van der Waals surface area contributed by atoms with Gasteiger partial charge < -0.3 is 15.4 Å². The van der Waals surface area contributed by atoms with Gasteiger partial charge in [0.1, 0.15) is 6.10 Å². The van der Waals surface area contributed by atoms with Crippen LogP contribution in [0.5, 0.6) is 0 Å². The van der Waals surface area contributed by atoms with Gasteiger partial charge in [-0.25, -0.2) is 0 Å². The van der Waals surface area contributed by atoms with Gasteiger partial charge in [0.25, 0.3) is 0 Å². The van der Waals surface area contributed by atoms with Gasteiger partial charge in [0.2, 0.25) is 5.91 Å². The van der Waals surface area contributed by atoms with Crippen LogP contribution in [0, 0.1) is 5.92 Å². The summed E-state index contributed by atoms with van der Waals surface area (Å²) in [6.07, 6.45) is 2.67. The molecule has 2 fully saturated rings. The van der Waals surface area contributed by atoms with Gasteiger partial charge in [0.05, 0.1) is 18.7 Å². The molecule has 120 valence electrons. The molecule has 1 aliphatic heterocycles. The van der Waals surface area contributed by atoms with Crippen LogP contribution in [0.25, 0.3) is 0 Å². The van der Waals surface area contributed by atoms with Crippen LogP contribution >= 0.6 is 0 Å². The molecule has 0 radical (unpaired) electrons. The molecule has 0 aromatic heterocycles. The quantitative estimate of drug-likeness (QED) is 0.913. The molecular formula is C18H26N2O2. The van der Waals surface area contributed by atoms with E-state index in [0.29, 0.717) is 6.61 Å². The molecule has 1 aromatic rings. The zero-order valence-corrected chi connectivity index (χ0v) is 13.4. The summed E-state index contributed by atoms with van der Waals surface area (Å²) < 4.78 is 6.03. The standard InChI is InChI=1S/C18H26N2O2/c1-12-11-22-17(14-6-4-3-5-7-14)13(2)20(12)18(21)15-8-9-16(19)10-15/h3-7,12-13,15-17H,8-11,19H2,1-2H3/t12-,13+,15-,16-,17+/m1/s1. The van der Waals surface area contributed by atoms with E-state index in [-0.39, 0.29) is 36.1 Å². The average Bonchev–Trinajstić information content (AvgIpc) is 2.95. The van der Waals surface area contributed by atoms with E-state index in [0.717, 1.165) is 24.8 Å². The number of nitrogens with two attached hydrogens (primary N) is 1. The van der Waals surface area contributed by atoms with E-state index < -0.39 is 0 Å². The van der Waals surface area contributed by atoms with Crippen LogP contribution in [0.3, 0.4) is 0 Å². The fraction of sp³-hybridized carbons (Fsp3) is 0.611. The first kappa shape index (κ1) is 15.5. The van der Waals surface area contributed by atoms with Crippen molar-refractivity contribution in [3.63, 3.8) is 0 Å². The molecule has 4 nitrogen and oxygen atoms in total. The molecule has 1 saturated carbocycles. The number of ether oxygens (including phenoxy) is 1. The lowest BCUT2D eigenvalue weighted by atomic mass is 9.96. The highest BCUT2D eigenvalue weighted by molar-refractivity contribution is 5.80. The monoisotopic (exact) mass is 302 g/mol. The molecule has 1 saturated heterocycles. The molecule has 2 aliphatic rings. The fourth-order valence-electron chi connectivity index (χ4n) is 3.90. The Balaban J connectivity index is 1.78. The number of hydrogen-bond acceptors (Lipinski definition) is 3. The van der Waals surface area contributed by atoms with Gasteiger partial charge in [0, 0.05) is 12.0 Å². The van der Waals surface area contributed by atoms with Crippen molar-refractivity contribution in [2.75, 3.05) is 6.61 Å². The third-order valence-electron chi connectivity index (χ3n) is 5.07. The average molecular weight is 302 g/mol. The van der Waals surface area contributed by atoms with E-state index in [1.165, 1.54) is 0 Å². The second kappa shape index (κ2) is 6.39. The summed E-state index contributed by atoms with van der Waals surface area (Å²) in [5.74, 6) is 0.353. The SMILES string of the molecule is C[C@@H]1CO[C@H](c2ccccc2)[C@H](C)N1C(=O)[C@@H]1CC[C@@H](N)C1. The molecular weight excluding hydrogens is 276 g/mol. The van der Waals surface area contributed by atoms with Crippen molar-refractivity contribution in [2.24, 2.45) is 11.7 Å².